The fraction of sp³-hybridized carbons (Fsp3) is 0.938. The Bertz CT molecular complexity index is 351. The van der Waals surface area contributed by atoms with E-state index in [1.54, 1.807) is 0 Å². The van der Waals surface area contributed by atoms with Gasteiger partial charge in [0.25, 0.3) is 0 Å². The van der Waals surface area contributed by atoms with Crippen LogP contribution in [0.4, 0.5) is 0 Å². The maximum Gasteiger partial charge on any atom is 0.0864 e. The lowest BCUT2D eigenvalue weighted by Crippen LogP contribution is -2.51. The summed E-state index contributed by atoms with van der Waals surface area (Å²) in [6, 6.07) is 2.60. The number of rotatable bonds is 1. The molecular weight excluding hydrogens is 222 g/mol. The average Bonchev–Trinajstić information content (AvgIpc) is 3.10. The zero-order valence-corrected chi connectivity index (χ0v) is 11.3. The summed E-state index contributed by atoms with van der Waals surface area (Å²) in [5.74, 6) is 1.18. The van der Waals surface area contributed by atoms with E-state index in [2.05, 4.69) is 6.07 Å². The van der Waals surface area contributed by atoms with E-state index in [1.165, 1.54) is 32.1 Å². The summed E-state index contributed by atoms with van der Waals surface area (Å²) >= 11 is 0. The van der Waals surface area contributed by atoms with E-state index < -0.39 is 11.0 Å². The van der Waals surface area contributed by atoms with Crippen LogP contribution in [0.3, 0.4) is 0 Å². The van der Waals surface area contributed by atoms with Crippen LogP contribution in [0, 0.1) is 28.6 Å². The van der Waals surface area contributed by atoms with E-state index >= 15 is 0 Å². The molecule has 1 N–H and O–H groups in total. The molecule has 3 rings (SSSR count). The lowest BCUT2D eigenvalue weighted by molar-refractivity contribution is -0.105. The van der Waals surface area contributed by atoms with Crippen molar-refractivity contribution in [3.05, 3.63) is 0 Å². The summed E-state index contributed by atoms with van der Waals surface area (Å²) < 4.78 is 0. The summed E-state index contributed by atoms with van der Waals surface area (Å²) in [5.41, 5.74) is -1.07. The first-order valence-corrected chi connectivity index (χ1v) is 7.85. The van der Waals surface area contributed by atoms with Gasteiger partial charge in [-0.15, -0.1) is 0 Å². The van der Waals surface area contributed by atoms with E-state index in [9.17, 15) is 10.4 Å². The van der Waals surface area contributed by atoms with Crippen LogP contribution in [0.1, 0.15) is 70.6 Å². The number of aliphatic hydroxyl groups is 1. The largest absolute Gasteiger partial charge is 0.388 e. The lowest BCUT2D eigenvalue weighted by atomic mass is 9.60. The SMILES string of the molecule is N#CC1(C2(O)CCCC3CC32)CCCCCCC1. The third kappa shape index (κ3) is 1.79. The Morgan fingerprint density at radius 2 is 1.61 bits per heavy atom. The summed E-state index contributed by atoms with van der Waals surface area (Å²) in [6.07, 6.45) is 12.4. The van der Waals surface area contributed by atoms with Gasteiger partial charge in [-0.2, -0.15) is 5.26 Å². The second kappa shape index (κ2) is 4.53. The molecular formula is C16H25NO. The number of hydrogen-bond acceptors (Lipinski definition) is 2. The van der Waals surface area contributed by atoms with Crippen molar-refractivity contribution in [3.8, 4) is 6.07 Å². The molecule has 0 radical (unpaired) electrons. The Morgan fingerprint density at radius 3 is 2.28 bits per heavy atom. The molecule has 3 fully saturated rings. The molecule has 2 nitrogen and oxygen atoms in total. The van der Waals surface area contributed by atoms with Crippen LogP contribution in [-0.2, 0) is 0 Å². The van der Waals surface area contributed by atoms with E-state index in [0.717, 1.165) is 44.4 Å². The van der Waals surface area contributed by atoms with Gasteiger partial charge in [-0.3, -0.25) is 0 Å². The average molecular weight is 247 g/mol. The minimum atomic E-state index is -0.651. The fourth-order valence-electron chi connectivity index (χ4n) is 4.72. The molecule has 100 valence electrons. The maximum atomic E-state index is 11.3. The number of nitriles is 1. The highest BCUT2D eigenvalue weighted by Gasteiger charge is 2.63. The van der Waals surface area contributed by atoms with E-state index in [4.69, 9.17) is 0 Å². The van der Waals surface area contributed by atoms with Gasteiger partial charge in [0, 0.05) is 0 Å². The molecule has 0 bridgehead atoms. The molecule has 3 unspecified atom stereocenters. The van der Waals surface area contributed by atoms with Gasteiger partial charge < -0.3 is 5.11 Å². The molecule has 0 spiro atoms. The number of fused-ring (bicyclic) bond motifs is 1. The van der Waals surface area contributed by atoms with Gasteiger partial charge in [-0.05, 0) is 43.9 Å². The molecule has 3 aliphatic carbocycles. The predicted molar refractivity (Wildman–Crippen MR) is 70.8 cm³/mol. The molecule has 0 aromatic carbocycles. The van der Waals surface area contributed by atoms with Crippen molar-refractivity contribution in [3.63, 3.8) is 0 Å². The normalized spacial score (nSPS) is 43.1. The van der Waals surface area contributed by atoms with Gasteiger partial charge >= 0.3 is 0 Å². The molecule has 18 heavy (non-hydrogen) atoms. The molecule has 0 aromatic heterocycles. The smallest absolute Gasteiger partial charge is 0.0864 e. The van der Waals surface area contributed by atoms with E-state index in [0.29, 0.717) is 5.92 Å². The first kappa shape index (κ1) is 12.5. The standard InChI is InChI=1S/C16H25NO/c17-12-15(8-4-2-1-3-5-9-15)16(18)10-6-7-13-11-14(13)16/h13-14,18H,1-11H2. The molecule has 3 atom stereocenters. The van der Waals surface area contributed by atoms with Gasteiger partial charge in [0.15, 0.2) is 0 Å². The van der Waals surface area contributed by atoms with Crippen molar-refractivity contribution in [1.29, 1.82) is 5.26 Å². The molecule has 0 heterocycles. The highest BCUT2D eigenvalue weighted by Crippen LogP contribution is 2.62. The van der Waals surface area contributed by atoms with Crippen LogP contribution in [0.15, 0.2) is 0 Å². The zero-order valence-electron chi connectivity index (χ0n) is 11.3. The second-order valence-corrected chi connectivity index (χ2v) is 6.88. The fourth-order valence-corrected chi connectivity index (χ4v) is 4.72. The van der Waals surface area contributed by atoms with Crippen LogP contribution in [0.25, 0.3) is 0 Å². The minimum absolute atomic E-state index is 0.423. The molecule has 0 aliphatic heterocycles. The predicted octanol–water partition coefficient (Wildman–Crippen LogP) is 3.79. The van der Waals surface area contributed by atoms with Crippen molar-refractivity contribution >= 4 is 0 Å². The lowest BCUT2D eigenvalue weighted by Gasteiger charge is -2.46. The Balaban J connectivity index is 1.86. The number of nitrogens with zero attached hydrogens (tertiary/aromatic N) is 1. The van der Waals surface area contributed by atoms with Gasteiger partial charge in [0.05, 0.1) is 17.1 Å². The van der Waals surface area contributed by atoms with E-state index in [1.807, 2.05) is 0 Å². The monoisotopic (exact) mass is 247 g/mol. The van der Waals surface area contributed by atoms with Crippen LogP contribution in [-0.4, -0.2) is 10.7 Å². The van der Waals surface area contributed by atoms with Crippen LogP contribution < -0.4 is 0 Å². The first-order valence-electron chi connectivity index (χ1n) is 7.85. The summed E-state index contributed by atoms with van der Waals surface area (Å²) in [5, 5.41) is 21.1. The third-order valence-corrected chi connectivity index (χ3v) is 5.92. The van der Waals surface area contributed by atoms with Crippen molar-refractivity contribution in [1.82, 2.24) is 0 Å². The highest BCUT2D eigenvalue weighted by molar-refractivity contribution is 5.19. The number of hydrogen-bond donors (Lipinski definition) is 1. The molecule has 2 heteroatoms. The van der Waals surface area contributed by atoms with Crippen LogP contribution >= 0.6 is 0 Å². The van der Waals surface area contributed by atoms with Crippen molar-refractivity contribution in [2.45, 2.75) is 76.2 Å². The van der Waals surface area contributed by atoms with Gasteiger partial charge in [-0.1, -0.05) is 38.5 Å². The van der Waals surface area contributed by atoms with E-state index in [-0.39, 0.29) is 0 Å². The van der Waals surface area contributed by atoms with Crippen molar-refractivity contribution in [2.75, 3.05) is 0 Å². The van der Waals surface area contributed by atoms with Crippen molar-refractivity contribution in [2.24, 2.45) is 17.3 Å². The van der Waals surface area contributed by atoms with Crippen LogP contribution in [0.5, 0.6) is 0 Å². The second-order valence-electron chi connectivity index (χ2n) is 6.88. The van der Waals surface area contributed by atoms with Gasteiger partial charge in [0.1, 0.15) is 0 Å². The molecule has 3 saturated carbocycles. The highest BCUT2D eigenvalue weighted by atomic mass is 16.3. The van der Waals surface area contributed by atoms with Gasteiger partial charge in [0.2, 0.25) is 0 Å². The topological polar surface area (TPSA) is 44.0 Å². The minimum Gasteiger partial charge on any atom is -0.388 e. The first-order chi connectivity index (χ1) is 8.72. The Kier molecular flexibility index (Phi) is 3.14. The molecule has 3 aliphatic rings. The Hall–Kier alpha value is -0.550. The summed E-state index contributed by atoms with van der Waals surface area (Å²) in [6.45, 7) is 0. The molecule has 0 amide bonds. The summed E-state index contributed by atoms with van der Waals surface area (Å²) in [7, 11) is 0. The van der Waals surface area contributed by atoms with Gasteiger partial charge in [-0.25, -0.2) is 0 Å². The van der Waals surface area contributed by atoms with Crippen LogP contribution in [0.2, 0.25) is 0 Å². The maximum absolute atomic E-state index is 11.3. The molecule has 0 saturated heterocycles. The molecule has 0 aromatic rings. The quantitative estimate of drug-likeness (QED) is 0.766. The van der Waals surface area contributed by atoms with Crippen molar-refractivity contribution < 1.29 is 5.11 Å². The summed E-state index contributed by atoms with van der Waals surface area (Å²) in [4.78, 5) is 0. The zero-order chi connectivity index (χ0) is 12.6. The Labute approximate surface area is 110 Å². The third-order valence-electron chi connectivity index (χ3n) is 5.92. The Morgan fingerprint density at radius 1 is 0.944 bits per heavy atom.